The second-order valence-electron chi connectivity index (χ2n) is 5.68. The van der Waals surface area contributed by atoms with Crippen molar-refractivity contribution in [2.45, 2.75) is 25.8 Å². The molecule has 0 bridgehead atoms. The monoisotopic (exact) mass is 309 g/mol. The Morgan fingerprint density at radius 3 is 2.65 bits per heavy atom. The Kier molecular flexibility index (Phi) is 4.48. The molecule has 2 aromatic rings. The van der Waals surface area contributed by atoms with Gasteiger partial charge in [-0.05, 0) is 31.2 Å². The summed E-state index contributed by atoms with van der Waals surface area (Å²) in [5.74, 6) is -0.339. The predicted molar refractivity (Wildman–Crippen MR) is 88.0 cm³/mol. The largest absolute Gasteiger partial charge is 0.305 e. The molecular weight excluding hydrogens is 290 g/mol. The van der Waals surface area contributed by atoms with Crippen LogP contribution in [0.2, 0.25) is 0 Å². The molecule has 23 heavy (non-hydrogen) atoms. The maximum atomic E-state index is 12.5. The van der Waals surface area contributed by atoms with Crippen LogP contribution in [0, 0.1) is 6.92 Å². The van der Waals surface area contributed by atoms with Gasteiger partial charge < -0.3 is 5.32 Å². The van der Waals surface area contributed by atoms with Crippen molar-refractivity contribution in [2.24, 2.45) is 0 Å². The van der Waals surface area contributed by atoms with E-state index < -0.39 is 6.04 Å². The summed E-state index contributed by atoms with van der Waals surface area (Å²) < 4.78 is 0. The van der Waals surface area contributed by atoms with E-state index in [2.05, 4.69) is 10.3 Å². The summed E-state index contributed by atoms with van der Waals surface area (Å²) >= 11 is 0. The number of nitrogens with zero attached hydrogens (tertiary/aromatic N) is 2. The molecule has 118 valence electrons. The smallest absolute Gasteiger partial charge is 0.251 e. The van der Waals surface area contributed by atoms with E-state index in [0.29, 0.717) is 12.2 Å². The average molecular weight is 309 g/mol. The maximum Gasteiger partial charge on any atom is 0.251 e. The third-order valence-electron chi connectivity index (χ3n) is 3.94. The number of anilines is 1. The molecule has 0 radical (unpaired) electrons. The first-order valence-corrected chi connectivity index (χ1v) is 7.72. The Balaban J connectivity index is 1.61. The number of nitrogens with one attached hydrogen (secondary N) is 1. The van der Waals surface area contributed by atoms with Gasteiger partial charge in [-0.25, -0.2) is 4.90 Å². The van der Waals surface area contributed by atoms with Crippen LogP contribution in [0.3, 0.4) is 0 Å². The summed E-state index contributed by atoms with van der Waals surface area (Å²) in [5.41, 5.74) is 2.70. The molecule has 0 spiro atoms. The minimum atomic E-state index is -0.451. The van der Waals surface area contributed by atoms with Crippen LogP contribution in [-0.2, 0) is 16.0 Å². The number of amides is 2. The summed E-state index contributed by atoms with van der Waals surface area (Å²) in [4.78, 5) is 30.2. The van der Waals surface area contributed by atoms with Gasteiger partial charge in [0.15, 0.2) is 0 Å². The highest BCUT2D eigenvalue weighted by atomic mass is 16.2. The number of imide groups is 1. The van der Waals surface area contributed by atoms with E-state index in [1.54, 1.807) is 18.3 Å². The molecule has 2 amide bonds. The lowest BCUT2D eigenvalue weighted by molar-refractivity contribution is -0.121. The first-order chi connectivity index (χ1) is 11.1. The van der Waals surface area contributed by atoms with Crippen LogP contribution in [0.5, 0.6) is 0 Å². The topological polar surface area (TPSA) is 62.3 Å². The van der Waals surface area contributed by atoms with Crippen LogP contribution in [0.1, 0.15) is 17.7 Å². The van der Waals surface area contributed by atoms with Gasteiger partial charge in [0.1, 0.15) is 0 Å². The molecule has 2 heterocycles. The van der Waals surface area contributed by atoms with Gasteiger partial charge in [0, 0.05) is 24.9 Å². The standard InChI is InChI=1S/C18H19N3O2/c1-13-5-7-15(8-6-13)21-17(22)12-16(18(21)23)20-11-9-14-4-2-3-10-19-14/h2-8,10,16,20H,9,11-12H2,1H3/t16-/m0/s1. The average Bonchev–Trinajstić information content (AvgIpc) is 2.84. The number of rotatable bonds is 5. The fourth-order valence-electron chi connectivity index (χ4n) is 2.68. The number of aromatic nitrogens is 1. The number of pyridine rings is 1. The molecule has 1 saturated heterocycles. The third-order valence-corrected chi connectivity index (χ3v) is 3.94. The maximum absolute atomic E-state index is 12.5. The minimum absolute atomic E-state index is 0.158. The van der Waals surface area contributed by atoms with Crippen molar-refractivity contribution < 1.29 is 9.59 Å². The van der Waals surface area contributed by atoms with Crippen molar-refractivity contribution in [2.75, 3.05) is 11.4 Å². The lowest BCUT2D eigenvalue weighted by atomic mass is 10.2. The summed E-state index contributed by atoms with van der Waals surface area (Å²) in [5, 5.41) is 3.17. The van der Waals surface area contributed by atoms with Crippen molar-refractivity contribution in [3.63, 3.8) is 0 Å². The molecule has 1 atom stereocenters. The lowest BCUT2D eigenvalue weighted by Crippen LogP contribution is -2.39. The van der Waals surface area contributed by atoms with Crippen LogP contribution in [-0.4, -0.2) is 29.4 Å². The highest BCUT2D eigenvalue weighted by Gasteiger charge is 2.39. The zero-order valence-electron chi connectivity index (χ0n) is 13.0. The van der Waals surface area contributed by atoms with Crippen LogP contribution < -0.4 is 10.2 Å². The minimum Gasteiger partial charge on any atom is -0.305 e. The first kappa shape index (κ1) is 15.4. The van der Waals surface area contributed by atoms with E-state index >= 15 is 0 Å². The Hall–Kier alpha value is -2.53. The lowest BCUT2D eigenvalue weighted by Gasteiger charge is -2.15. The number of aryl methyl sites for hydroxylation is 1. The number of hydrogen-bond donors (Lipinski definition) is 1. The first-order valence-electron chi connectivity index (χ1n) is 7.72. The molecule has 1 N–H and O–H groups in total. The molecule has 1 aliphatic heterocycles. The van der Waals surface area contributed by atoms with Crippen molar-refractivity contribution in [1.29, 1.82) is 0 Å². The van der Waals surface area contributed by atoms with E-state index in [9.17, 15) is 9.59 Å². The molecule has 1 fully saturated rings. The van der Waals surface area contributed by atoms with Gasteiger partial charge in [-0.1, -0.05) is 23.8 Å². The summed E-state index contributed by atoms with van der Waals surface area (Å²) in [6.45, 7) is 2.59. The molecule has 1 aromatic heterocycles. The molecule has 3 rings (SSSR count). The summed E-state index contributed by atoms with van der Waals surface area (Å²) in [6, 6.07) is 12.7. The van der Waals surface area contributed by atoms with Crippen molar-refractivity contribution in [3.05, 3.63) is 59.9 Å². The predicted octanol–water partition coefficient (Wildman–Crippen LogP) is 1.85. The molecule has 0 unspecified atom stereocenters. The number of hydrogen-bond acceptors (Lipinski definition) is 4. The molecule has 0 saturated carbocycles. The molecule has 5 heteroatoms. The van der Waals surface area contributed by atoms with Crippen molar-refractivity contribution in [1.82, 2.24) is 10.3 Å². The number of carbonyl (C=O) groups excluding carboxylic acids is 2. The fourth-order valence-corrected chi connectivity index (χ4v) is 2.68. The van der Waals surface area contributed by atoms with Gasteiger partial charge in [0.25, 0.3) is 5.91 Å². The second kappa shape index (κ2) is 6.71. The SMILES string of the molecule is Cc1ccc(N2C(=O)C[C@H](NCCc3ccccn3)C2=O)cc1. The Bertz CT molecular complexity index is 698. The fraction of sp³-hybridized carbons (Fsp3) is 0.278. The summed E-state index contributed by atoms with van der Waals surface area (Å²) in [6.07, 6.45) is 2.68. The Morgan fingerprint density at radius 1 is 1.17 bits per heavy atom. The molecule has 0 aliphatic carbocycles. The van der Waals surface area contributed by atoms with Crippen molar-refractivity contribution in [3.8, 4) is 0 Å². The van der Waals surface area contributed by atoms with Gasteiger partial charge in [0.05, 0.1) is 18.2 Å². The Morgan fingerprint density at radius 2 is 1.96 bits per heavy atom. The van der Waals surface area contributed by atoms with E-state index in [4.69, 9.17) is 0 Å². The summed E-state index contributed by atoms with van der Waals surface area (Å²) in [7, 11) is 0. The van der Waals surface area contributed by atoms with Crippen LogP contribution in [0.4, 0.5) is 5.69 Å². The second-order valence-corrected chi connectivity index (χ2v) is 5.68. The highest BCUT2D eigenvalue weighted by molar-refractivity contribution is 6.22. The number of benzene rings is 1. The Labute approximate surface area is 135 Å². The molecule has 1 aromatic carbocycles. The number of carbonyl (C=O) groups is 2. The van der Waals surface area contributed by atoms with Crippen LogP contribution in [0.15, 0.2) is 48.7 Å². The van der Waals surface area contributed by atoms with E-state index in [1.807, 2.05) is 37.3 Å². The van der Waals surface area contributed by atoms with Gasteiger partial charge in [0.2, 0.25) is 5.91 Å². The zero-order valence-corrected chi connectivity index (χ0v) is 13.0. The van der Waals surface area contributed by atoms with Gasteiger partial charge in [-0.3, -0.25) is 14.6 Å². The van der Waals surface area contributed by atoms with E-state index in [0.717, 1.165) is 17.7 Å². The highest BCUT2D eigenvalue weighted by Crippen LogP contribution is 2.23. The van der Waals surface area contributed by atoms with Crippen LogP contribution in [0.25, 0.3) is 0 Å². The third kappa shape index (κ3) is 3.46. The molecule has 5 nitrogen and oxygen atoms in total. The molecule has 1 aliphatic rings. The van der Waals surface area contributed by atoms with Gasteiger partial charge in [-0.2, -0.15) is 0 Å². The zero-order chi connectivity index (χ0) is 16.2. The van der Waals surface area contributed by atoms with Gasteiger partial charge >= 0.3 is 0 Å². The molecular formula is C18H19N3O2. The van der Waals surface area contributed by atoms with Crippen molar-refractivity contribution >= 4 is 17.5 Å². The van der Waals surface area contributed by atoms with Crippen LogP contribution >= 0.6 is 0 Å². The normalized spacial score (nSPS) is 17.8. The quantitative estimate of drug-likeness (QED) is 0.856. The van der Waals surface area contributed by atoms with E-state index in [-0.39, 0.29) is 18.2 Å². The van der Waals surface area contributed by atoms with Gasteiger partial charge in [-0.15, -0.1) is 0 Å². The van der Waals surface area contributed by atoms with E-state index in [1.165, 1.54) is 4.90 Å².